The first kappa shape index (κ1) is 35.7. The van der Waals surface area contributed by atoms with Crippen LogP contribution in [-0.2, 0) is 23.3 Å². The van der Waals surface area contributed by atoms with Crippen LogP contribution in [0.25, 0.3) is 0 Å². The lowest BCUT2D eigenvalue weighted by atomic mass is 9.86. The van der Waals surface area contributed by atoms with Gasteiger partial charge in [0, 0.05) is 6.57 Å². The second-order valence-corrected chi connectivity index (χ2v) is 10.3. The van der Waals surface area contributed by atoms with Crippen LogP contribution in [0.5, 0.6) is 5.75 Å². The van der Waals surface area contributed by atoms with E-state index in [1.54, 1.807) is 35.3 Å². The van der Waals surface area contributed by atoms with Gasteiger partial charge in [0.25, 0.3) is 0 Å². The molecule has 0 spiro atoms. The highest BCUT2D eigenvalue weighted by atomic mass is 32.2. The first-order chi connectivity index (χ1) is 17.2. The van der Waals surface area contributed by atoms with E-state index in [0.717, 1.165) is 24.0 Å². The molecule has 0 amide bonds. The fourth-order valence-corrected chi connectivity index (χ4v) is 2.54. The molecule has 0 saturated carbocycles. The third kappa shape index (κ3) is 20.4. The first-order valence-electron chi connectivity index (χ1n) is 11.7. The van der Waals surface area contributed by atoms with Crippen LogP contribution in [-0.4, -0.2) is 23.2 Å². The molecule has 1 heterocycles. The lowest BCUT2D eigenvalue weighted by Crippen LogP contribution is -2.18. The van der Waals surface area contributed by atoms with Gasteiger partial charge in [-0.3, -0.25) is 0 Å². The minimum Gasteiger partial charge on any atom is -0.371 e. The maximum atomic E-state index is 10.6. The van der Waals surface area contributed by atoms with Gasteiger partial charge < -0.3 is 4.18 Å². The lowest BCUT2D eigenvalue weighted by Gasteiger charge is -2.19. The van der Waals surface area contributed by atoms with Gasteiger partial charge in [-0.25, -0.2) is 14.9 Å². The van der Waals surface area contributed by atoms with Crippen LogP contribution in [0.1, 0.15) is 60.5 Å². The van der Waals surface area contributed by atoms with E-state index in [-0.39, 0.29) is 11.2 Å². The van der Waals surface area contributed by atoms with Crippen LogP contribution >= 0.6 is 0 Å². The van der Waals surface area contributed by atoms with Gasteiger partial charge in [0.2, 0.25) is 0 Å². The Bertz CT molecular complexity index is 1110. The third-order valence-corrected chi connectivity index (χ3v) is 5.19. The smallest absolute Gasteiger partial charge is 0.371 e. The van der Waals surface area contributed by atoms with Gasteiger partial charge in [0.1, 0.15) is 18.4 Å². The number of nitriles is 1. The minimum absolute atomic E-state index is 0.200. The second kappa shape index (κ2) is 18.7. The van der Waals surface area contributed by atoms with E-state index >= 15 is 0 Å². The van der Waals surface area contributed by atoms with Crippen molar-refractivity contribution in [1.29, 1.82) is 5.26 Å². The molecule has 0 unspecified atom stereocenters. The van der Waals surface area contributed by atoms with E-state index in [4.69, 9.17) is 10.4 Å². The number of hydrogen-bond acceptors (Lipinski definition) is 6. The van der Waals surface area contributed by atoms with Gasteiger partial charge in [-0.05, 0) is 62.3 Å². The summed E-state index contributed by atoms with van der Waals surface area (Å²) in [6.45, 7) is 26.7. The summed E-state index contributed by atoms with van der Waals surface area (Å²) in [5.41, 5.74) is 4.91. The zero-order chi connectivity index (χ0) is 29.1. The number of benzene rings is 1. The minimum atomic E-state index is -3.92. The average molecular weight is 530 g/mol. The van der Waals surface area contributed by atoms with E-state index < -0.39 is 10.3 Å². The summed E-state index contributed by atoms with van der Waals surface area (Å²) in [5, 5.41) is 15.3. The van der Waals surface area contributed by atoms with Crippen LogP contribution in [0, 0.1) is 17.2 Å². The number of nitrogens with two attached hydrogens (primary N) is 1. The molecule has 0 aliphatic rings. The van der Waals surface area contributed by atoms with E-state index in [0.29, 0.717) is 6.54 Å². The quantitative estimate of drug-likeness (QED) is 0.315. The van der Waals surface area contributed by atoms with Crippen LogP contribution < -0.4 is 9.32 Å². The topological polar surface area (TPSA) is 124 Å². The van der Waals surface area contributed by atoms with Crippen molar-refractivity contribution in [3.8, 4) is 12.3 Å². The van der Waals surface area contributed by atoms with Crippen molar-refractivity contribution in [2.75, 3.05) is 0 Å². The highest BCUT2D eigenvalue weighted by molar-refractivity contribution is 7.84. The molecule has 1 aromatic heterocycles. The van der Waals surface area contributed by atoms with E-state index in [2.05, 4.69) is 74.7 Å². The normalized spacial score (nSPS) is 11.1. The molecule has 0 radical (unpaired) electrons. The summed E-state index contributed by atoms with van der Waals surface area (Å²) in [5.74, 6) is 0.224. The highest BCUT2D eigenvalue weighted by Crippen LogP contribution is 2.25. The Balaban J connectivity index is 0. The molecule has 37 heavy (non-hydrogen) atoms. The standard InChI is InChI=1S/C12H19N3.C10H13NO3S.C5H10.CHN/c1-10(6-11(2)12(3,4)5)7-15-9-13-8-14-15;1-2-3-4-9-5-7-10(8-6-9)14-15(11,12)13;1-4-5(2)3;1-2/h6,8-9H,1,7H2,2-5H3;2-3,5-8H,4H2,1H3,(H2,11,12,13);2,4H2,1,3H3;1H/b11-6+;3-2+;;. The number of aromatic nitrogens is 3. The van der Waals surface area contributed by atoms with Gasteiger partial charge in [0.15, 0.2) is 0 Å². The predicted molar refractivity (Wildman–Crippen MR) is 153 cm³/mol. The molecule has 1 aromatic carbocycles. The Morgan fingerprint density at radius 2 is 1.73 bits per heavy atom. The molecule has 204 valence electrons. The molecule has 9 heteroatoms. The largest absolute Gasteiger partial charge is 0.380 e. The fraction of sp³-hybridized carbons (Fsp3) is 0.393. The maximum Gasteiger partial charge on any atom is 0.380 e. The van der Waals surface area contributed by atoms with Crippen molar-refractivity contribution < 1.29 is 12.6 Å². The van der Waals surface area contributed by atoms with Crippen molar-refractivity contribution in [2.45, 2.75) is 67.9 Å². The Labute approximate surface area is 224 Å². The molecule has 0 atom stereocenters. The molecule has 0 aliphatic carbocycles. The predicted octanol–water partition coefficient (Wildman–Crippen LogP) is 6.33. The Hall–Kier alpha value is -3.48. The van der Waals surface area contributed by atoms with E-state index in [1.807, 2.05) is 26.0 Å². The van der Waals surface area contributed by atoms with Gasteiger partial charge >= 0.3 is 10.3 Å². The van der Waals surface area contributed by atoms with Crippen LogP contribution in [0.3, 0.4) is 0 Å². The number of allylic oxidation sites excluding steroid dienone is 6. The Kier molecular flexibility index (Phi) is 18.1. The summed E-state index contributed by atoms with van der Waals surface area (Å²) in [6.07, 6.45) is 11.2. The average Bonchev–Trinajstić information content (AvgIpc) is 3.32. The van der Waals surface area contributed by atoms with Crippen LogP contribution in [0.15, 0.2) is 85.0 Å². The molecule has 2 rings (SSSR count). The van der Waals surface area contributed by atoms with Crippen LogP contribution in [0.2, 0.25) is 0 Å². The van der Waals surface area contributed by atoms with Gasteiger partial charge in [0.05, 0.1) is 6.54 Å². The van der Waals surface area contributed by atoms with Gasteiger partial charge in [-0.2, -0.15) is 18.7 Å². The van der Waals surface area contributed by atoms with Gasteiger partial charge in [-0.1, -0.05) is 75.8 Å². The van der Waals surface area contributed by atoms with E-state index in [1.165, 1.54) is 17.5 Å². The summed E-state index contributed by atoms with van der Waals surface area (Å²) >= 11 is 0. The lowest BCUT2D eigenvalue weighted by molar-refractivity contribution is 0.487. The molecule has 2 N–H and O–H groups in total. The second-order valence-electron chi connectivity index (χ2n) is 9.13. The van der Waals surface area contributed by atoms with Crippen molar-refractivity contribution >= 4 is 10.3 Å². The summed E-state index contributed by atoms with van der Waals surface area (Å²) in [7, 11) is -3.92. The SMILES string of the molecule is C#N.C/C=C/Cc1ccc(OS(N)(=O)=O)cc1.C=C(/C=C(\C)C(C)(C)C)Cn1cncn1.C=C(C)CC. The maximum absolute atomic E-state index is 10.6. The zero-order valence-corrected chi connectivity index (χ0v) is 24.1. The van der Waals surface area contributed by atoms with Crippen LogP contribution in [0.4, 0.5) is 0 Å². The van der Waals surface area contributed by atoms with Crippen molar-refractivity contribution in [3.05, 3.63) is 90.6 Å². The molecule has 2 aromatic rings. The van der Waals surface area contributed by atoms with Crippen molar-refractivity contribution in [2.24, 2.45) is 10.6 Å². The first-order valence-corrected chi connectivity index (χ1v) is 13.2. The molecule has 0 fully saturated rings. The summed E-state index contributed by atoms with van der Waals surface area (Å²) < 4.78 is 27.5. The number of rotatable bonds is 8. The molecular weight excluding hydrogens is 486 g/mol. The highest BCUT2D eigenvalue weighted by Gasteiger charge is 2.12. The number of hydrogen-bond donors (Lipinski definition) is 1. The van der Waals surface area contributed by atoms with Gasteiger partial charge in [-0.15, -0.1) is 6.58 Å². The zero-order valence-electron chi connectivity index (χ0n) is 23.3. The summed E-state index contributed by atoms with van der Waals surface area (Å²) in [4.78, 5) is 3.89. The third-order valence-electron chi connectivity index (χ3n) is 4.76. The van der Waals surface area contributed by atoms with E-state index in [9.17, 15) is 8.42 Å². The molecule has 0 aliphatic heterocycles. The summed E-state index contributed by atoms with van der Waals surface area (Å²) in [6, 6.07) is 6.73. The fourth-order valence-electron chi connectivity index (χ4n) is 2.16. The Morgan fingerprint density at radius 1 is 1.19 bits per heavy atom. The molecular formula is C28H43N5O3S. The monoisotopic (exact) mass is 529 g/mol. The van der Waals surface area contributed by atoms with Crippen molar-refractivity contribution in [1.82, 2.24) is 14.8 Å². The molecule has 0 saturated heterocycles. The molecule has 8 nitrogen and oxygen atoms in total. The number of nitrogens with zero attached hydrogens (tertiary/aromatic N) is 4. The van der Waals surface area contributed by atoms with Crippen molar-refractivity contribution in [3.63, 3.8) is 0 Å². The molecule has 0 bridgehead atoms. The Morgan fingerprint density at radius 3 is 2.11 bits per heavy atom.